The zero-order valence-electron chi connectivity index (χ0n) is 28.4. The van der Waals surface area contributed by atoms with E-state index in [1.165, 1.54) is 18.0 Å². The van der Waals surface area contributed by atoms with Crippen LogP contribution in [0.2, 0.25) is 0 Å². The SMILES string of the molecule is CO[C@@H]1[C@H](OOC(C2=CCC(OC)(OC)C=C2)(c2ccccc2)c2ccccc2)[C@@H](CO)O[C@H]1n1cnc2c(=O)[nH]c(NC(=O)C(C)C)nc21. The molecule has 2 aliphatic rings. The monoisotopic (exact) mass is 687 g/mol. The highest BCUT2D eigenvalue weighted by molar-refractivity contribution is 5.91. The number of ether oxygens (including phenoxy) is 4. The van der Waals surface area contributed by atoms with E-state index in [0.29, 0.717) is 6.42 Å². The number of nitrogens with one attached hydrogen (secondary N) is 2. The standard InChI is InChI=1S/C36H41N5O9/c1-22(2)31(43)39-34-38-30-27(32(44)40-34)37-21-41(30)33-29(45-3)28(26(20-42)48-33)49-50-36(23-12-8-6-9-13-23,24-14-10-7-11-15-24)25-16-18-35(46-4,47-5)19-17-25/h6-18,21-22,26,28-29,33,42H,19-20H2,1-5H3,(H2,38,39,40,43,44)/t26-,28-,29-,33-/m1/s1. The van der Waals surface area contributed by atoms with E-state index in [2.05, 4.69) is 20.3 Å². The first kappa shape index (κ1) is 35.3. The predicted molar refractivity (Wildman–Crippen MR) is 182 cm³/mol. The maximum atomic E-state index is 12.9. The average Bonchev–Trinajstić information content (AvgIpc) is 3.74. The highest BCUT2D eigenvalue weighted by Gasteiger charge is 2.51. The predicted octanol–water partition coefficient (Wildman–Crippen LogP) is 3.75. The van der Waals surface area contributed by atoms with Gasteiger partial charge in [0.15, 0.2) is 34.9 Å². The Bertz CT molecular complexity index is 1860. The van der Waals surface area contributed by atoms with Gasteiger partial charge in [-0.05, 0) is 22.8 Å². The van der Waals surface area contributed by atoms with Gasteiger partial charge >= 0.3 is 0 Å². The second-order valence-corrected chi connectivity index (χ2v) is 12.3. The number of amides is 1. The summed E-state index contributed by atoms with van der Waals surface area (Å²) in [4.78, 5) is 49.6. The van der Waals surface area contributed by atoms with Crippen LogP contribution in [0.1, 0.15) is 37.6 Å². The molecule has 14 nitrogen and oxygen atoms in total. The normalized spacial score (nSPS) is 21.9. The van der Waals surface area contributed by atoms with Gasteiger partial charge in [0, 0.05) is 33.7 Å². The number of carbonyl (C=O) groups excluding carboxylic acids is 1. The van der Waals surface area contributed by atoms with Crippen LogP contribution in [0, 0.1) is 5.92 Å². The first-order valence-corrected chi connectivity index (χ1v) is 16.2. The second kappa shape index (κ2) is 14.7. The van der Waals surface area contributed by atoms with Gasteiger partial charge < -0.3 is 24.1 Å². The molecule has 3 N–H and O–H groups in total. The molecule has 3 heterocycles. The second-order valence-electron chi connectivity index (χ2n) is 12.3. The van der Waals surface area contributed by atoms with E-state index < -0.39 is 48.1 Å². The van der Waals surface area contributed by atoms with Crippen molar-refractivity contribution in [1.29, 1.82) is 0 Å². The molecule has 2 aromatic heterocycles. The Morgan fingerprint density at radius 3 is 2.28 bits per heavy atom. The summed E-state index contributed by atoms with van der Waals surface area (Å²) >= 11 is 0. The minimum Gasteiger partial charge on any atom is -0.394 e. The number of aromatic amines is 1. The third-order valence-corrected chi connectivity index (χ3v) is 9.08. The molecule has 0 radical (unpaired) electrons. The van der Waals surface area contributed by atoms with Crippen molar-refractivity contribution in [3.05, 3.63) is 112 Å². The molecular weight excluding hydrogens is 646 g/mol. The Labute approximate surface area is 288 Å². The van der Waals surface area contributed by atoms with Crippen molar-refractivity contribution in [3.8, 4) is 0 Å². The van der Waals surface area contributed by atoms with E-state index in [1.807, 2.05) is 78.9 Å². The summed E-state index contributed by atoms with van der Waals surface area (Å²) in [6.07, 6.45) is 3.75. The van der Waals surface area contributed by atoms with Crippen LogP contribution in [0.4, 0.5) is 5.95 Å². The maximum absolute atomic E-state index is 12.9. The zero-order valence-corrected chi connectivity index (χ0v) is 28.4. The number of rotatable bonds is 13. The van der Waals surface area contributed by atoms with Crippen molar-refractivity contribution < 1.29 is 38.6 Å². The molecule has 264 valence electrons. The summed E-state index contributed by atoms with van der Waals surface area (Å²) in [5.41, 5.74) is 0.610. The van der Waals surface area contributed by atoms with Gasteiger partial charge in [0.25, 0.3) is 5.56 Å². The highest BCUT2D eigenvalue weighted by atomic mass is 17.2. The summed E-state index contributed by atoms with van der Waals surface area (Å²) in [5.74, 6) is -1.66. The number of aliphatic hydroxyl groups is 1. The van der Waals surface area contributed by atoms with Crippen LogP contribution in [-0.4, -0.2) is 82.6 Å². The molecule has 4 aromatic rings. The molecule has 0 unspecified atom stereocenters. The molecular formula is C36H41N5O9. The zero-order chi connectivity index (χ0) is 35.5. The van der Waals surface area contributed by atoms with Gasteiger partial charge in [-0.2, -0.15) is 4.98 Å². The molecule has 1 aliphatic heterocycles. The minimum atomic E-state index is -1.30. The van der Waals surface area contributed by atoms with Gasteiger partial charge in [0.05, 0.1) is 12.9 Å². The van der Waals surface area contributed by atoms with Crippen molar-refractivity contribution in [2.45, 2.75) is 56.2 Å². The quantitative estimate of drug-likeness (QED) is 0.106. The number of methoxy groups -OCH3 is 3. The Hall–Kier alpha value is -4.54. The first-order chi connectivity index (χ1) is 24.2. The van der Waals surface area contributed by atoms with Gasteiger partial charge in [-0.25, -0.2) is 14.8 Å². The minimum absolute atomic E-state index is 0.0264. The van der Waals surface area contributed by atoms with Crippen molar-refractivity contribution in [3.63, 3.8) is 0 Å². The van der Waals surface area contributed by atoms with Gasteiger partial charge in [0.1, 0.15) is 12.2 Å². The number of aliphatic hydroxyl groups excluding tert-OH is 1. The van der Waals surface area contributed by atoms with Crippen LogP contribution in [0.3, 0.4) is 0 Å². The molecule has 1 amide bonds. The van der Waals surface area contributed by atoms with E-state index in [-0.39, 0.29) is 28.9 Å². The Morgan fingerprint density at radius 2 is 1.74 bits per heavy atom. The number of hydrogen-bond donors (Lipinski definition) is 3. The maximum Gasteiger partial charge on any atom is 0.280 e. The third-order valence-electron chi connectivity index (χ3n) is 9.08. The molecule has 0 bridgehead atoms. The van der Waals surface area contributed by atoms with Gasteiger partial charge in [-0.3, -0.25) is 24.5 Å². The lowest BCUT2D eigenvalue weighted by Gasteiger charge is -2.39. The number of carbonyl (C=O) groups is 1. The fraction of sp³-hybridized carbons (Fsp3) is 0.389. The molecule has 0 saturated carbocycles. The van der Waals surface area contributed by atoms with Crippen LogP contribution in [0.5, 0.6) is 0 Å². The van der Waals surface area contributed by atoms with Crippen LogP contribution in [-0.2, 0) is 39.1 Å². The molecule has 2 aromatic carbocycles. The Kier molecular flexibility index (Phi) is 10.4. The van der Waals surface area contributed by atoms with Crippen molar-refractivity contribution in [1.82, 2.24) is 19.5 Å². The summed E-state index contributed by atoms with van der Waals surface area (Å²) < 4.78 is 25.1. The number of anilines is 1. The summed E-state index contributed by atoms with van der Waals surface area (Å²) in [6, 6.07) is 19.3. The van der Waals surface area contributed by atoms with E-state index in [0.717, 1.165) is 16.7 Å². The molecule has 1 aliphatic carbocycles. The van der Waals surface area contributed by atoms with Gasteiger partial charge in [-0.1, -0.05) is 86.7 Å². The van der Waals surface area contributed by atoms with E-state index >= 15 is 0 Å². The molecule has 50 heavy (non-hydrogen) atoms. The smallest absolute Gasteiger partial charge is 0.280 e. The molecule has 1 fully saturated rings. The van der Waals surface area contributed by atoms with Crippen molar-refractivity contribution >= 4 is 23.0 Å². The lowest BCUT2D eigenvalue weighted by molar-refractivity contribution is -0.383. The number of hydrogen-bond acceptors (Lipinski definition) is 11. The molecule has 0 spiro atoms. The number of H-pyrrole nitrogens is 1. The number of fused-ring (bicyclic) bond motifs is 1. The lowest BCUT2D eigenvalue weighted by atomic mass is 9.77. The number of benzene rings is 2. The molecule has 1 saturated heterocycles. The van der Waals surface area contributed by atoms with E-state index in [9.17, 15) is 14.7 Å². The third kappa shape index (κ3) is 6.42. The molecule has 4 atom stereocenters. The van der Waals surface area contributed by atoms with Crippen molar-refractivity contribution in [2.75, 3.05) is 33.3 Å². The summed E-state index contributed by atoms with van der Waals surface area (Å²) in [7, 11) is 4.65. The largest absolute Gasteiger partial charge is 0.394 e. The van der Waals surface area contributed by atoms with Crippen molar-refractivity contribution in [2.24, 2.45) is 5.92 Å². The topological polar surface area (TPSA) is 168 Å². The summed E-state index contributed by atoms with van der Waals surface area (Å²) in [5, 5.41) is 13.1. The molecule has 14 heteroatoms. The van der Waals surface area contributed by atoms with E-state index in [1.54, 1.807) is 28.1 Å². The van der Waals surface area contributed by atoms with Crippen LogP contribution >= 0.6 is 0 Å². The highest BCUT2D eigenvalue weighted by Crippen LogP contribution is 2.45. The number of aromatic nitrogens is 4. The fourth-order valence-electron chi connectivity index (χ4n) is 6.25. The Balaban J connectivity index is 1.39. The first-order valence-electron chi connectivity index (χ1n) is 16.2. The summed E-state index contributed by atoms with van der Waals surface area (Å²) in [6.45, 7) is 3.00. The average molecular weight is 688 g/mol. The van der Waals surface area contributed by atoms with Crippen LogP contribution < -0.4 is 10.9 Å². The number of nitrogens with zero attached hydrogens (tertiary/aromatic N) is 3. The van der Waals surface area contributed by atoms with Crippen LogP contribution in [0.15, 0.2) is 95.6 Å². The number of imidazole rings is 1. The van der Waals surface area contributed by atoms with Gasteiger partial charge in [0.2, 0.25) is 11.9 Å². The van der Waals surface area contributed by atoms with Gasteiger partial charge in [-0.15, -0.1) is 0 Å². The van der Waals surface area contributed by atoms with Crippen LogP contribution in [0.25, 0.3) is 11.2 Å². The fourth-order valence-corrected chi connectivity index (χ4v) is 6.25. The van der Waals surface area contributed by atoms with E-state index in [4.69, 9.17) is 28.7 Å². The lowest BCUT2D eigenvalue weighted by Crippen LogP contribution is -2.42. The Morgan fingerprint density at radius 1 is 1.08 bits per heavy atom. The molecule has 6 rings (SSSR count).